The Bertz CT molecular complexity index is 249. The van der Waals surface area contributed by atoms with Crippen LogP contribution in [0.3, 0.4) is 0 Å². The van der Waals surface area contributed by atoms with Gasteiger partial charge in [-0.2, -0.15) is 0 Å². The van der Waals surface area contributed by atoms with Crippen molar-refractivity contribution in [3.05, 3.63) is 34.4 Å². The molecule has 0 heteroatoms. The second kappa shape index (κ2) is 5.80. The van der Waals surface area contributed by atoms with Gasteiger partial charge in [0.15, 0.2) is 0 Å². The molecular formula is C13H22. The molecule has 0 rings (SSSR count). The average Bonchev–Trinajstić information content (AvgIpc) is 2.14. The van der Waals surface area contributed by atoms with Crippen LogP contribution >= 0.6 is 0 Å². The summed E-state index contributed by atoms with van der Waals surface area (Å²) in [5.74, 6) is 0. The molecule has 0 atom stereocenters. The van der Waals surface area contributed by atoms with Crippen molar-refractivity contribution in [1.82, 2.24) is 0 Å². The topological polar surface area (TPSA) is 0 Å². The standard InChI is InChI=1S/C13H22/c1-7-10(3)12(5)9-13(6)11(4)8-2/h7,9H,8H2,1-6H3. The van der Waals surface area contributed by atoms with Crippen molar-refractivity contribution in [3.8, 4) is 0 Å². The Balaban J connectivity index is 4.76. The van der Waals surface area contributed by atoms with Gasteiger partial charge in [0.2, 0.25) is 0 Å². The first-order chi connectivity index (χ1) is 6.02. The van der Waals surface area contributed by atoms with Crippen LogP contribution in [-0.2, 0) is 0 Å². The molecule has 0 unspecified atom stereocenters. The molecule has 0 fully saturated rings. The van der Waals surface area contributed by atoms with Crippen LogP contribution in [0.25, 0.3) is 0 Å². The summed E-state index contributed by atoms with van der Waals surface area (Å²) in [4.78, 5) is 0. The molecule has 0 aromatic rings. The van der Waals surface area contributed by atoms with E-state index in [2.05, 4.69) is 53.7 Å². The molecule has 0 aliphatic heterocycles. The van der Waals surface area contributed by atoms with Crippen molar-refractivity contribution < 1.29 is 0 Å². The lowest BCUT2D eigenvalue weighted by Crippen LogP contribution is -1.83. The smallest absolute Gasteiger partial charge is 0.0346 e. The van der Waals surface area contributed by atoms with Gasteiger partial charge in [0.1, 0.15) is 0 Å². The normalized spacial score (nSPS) is 15.8. The highest BCUT2D eigenvalue weighted by Crippen LogP contribution is 2.15. The average molecular weight is 178 g/mol. The lowest BCUT2D eigenvalue weighted by molar-refractivity contribution is 1.07. The largest absolute Gasteiger partial charge is 0.0845 e. The fourth-order valence-corrected chi connectivity index (χ4v) is 1.07. The van der Waals surface area contributed by atoms with Crippen molar-refractivity contribution in [2.24, 2.45) is 0 Å². The van der Waals surface area contributed by atoms with Crippen molar-refractivity contribution in [3.63, 3.8) is 0 Å². The molecule has 0 saturated carbocycles. The molecule has 0 aromatic heterocycles. The molecule has 0 heterocycles. The summed E-state index contributed by atoms with van der Waals surface area (Å²) in [6.07, 6.45) is 5.57. The molecule has 0 aliphatic rings. The van der Waals surface area contributed by atoms with Gasteiger partial charge in [-0.25, -0.2) is 0 Å². The van der Waals surface area contributed by atoms with Gasteiger partial charge < -0.3 is 0 Å². The van der Waals surface area contributed by atoms with Gasteiger partial charge in [-0.15, -0.1) is 0 Å². The first kappa shape index (κ1) is 12.2. The van der Waals surface area contributed by atoms with E-state index in [9.17, 15) is 0 Å². The van der Waals surface area contributed by atoms with Gasteiger partial charge in [-0.1, -0.05) is 35.8 Å². The van der Waals surface area contributed by atoms with Crippen LogP contribution in [-0.4, -0.2) is 0 Å². The maximum Gasteiger partial charge on any atom is -0.0346 e. The fraction of sp³-hybridized carbons (Fsp3) is 0.538. The molecule has 74 valence electrons. The van der Waals surface area contributed by atoms with Gasteiger partial charge in [0.25, 0.3) is 0 Å². The minimum atomic E-state index is 1.14. The van der Waals surface area contributed by atoms with E-state index in [0.29, 0.717) is 0 Å². The highest BCUT2D eigenvalue weighted by atomic mass is 14.0. The van der Waals surface area contributed by atoms with E-state index >= 15 is 0 Å². The summed E-state index contributed by atoms with van der Waals surface area (Å²) in [5, 5.41) is 0. The Hall–Kier alpha value is -0.780. The van der Waals surface area contributed by atoms with E-state index in [0.717, 1.165) is 6.42 Å². The Labute approximate surface area is 83.0 Å². The van der Waals surface area contributed by atoms with E-state index in [1.54, 1.807) is 0 Å². The first-order valence-electron chi connectivity index (χ1n) is 5.00. The zero-order valence-corrected chi connectivity index (χ0v) is 9.86. The SMILES string of the molecule is CC=C(C)C(C)=CC(C)=C(C)CC. The lowest BCUT2D eigenvalue weighted by atomic mass is 10.0. The molecule has 13 heavy (non-hydrogen) atoms. The van der Waals surface area contributed by atoms with Crippen LogP contribution in [0.4, 0.5) is 0 Å². The number of hydrogen-bond donors (Lipinski definition) is 0. The number of hydrogen-bond acceptors (Lipinski definition) is 0. The van der Waals surface area contributed by atoms with Gasteiger partial charge in [-0.3, -0.25) is 0 Å². The predicted molar refractivity (Wildman–Crippen MR) is 61.9 cm³/mol. The second-order valence-electron chi connectivity index (χ2n) is 3.62. The molecule has 0 aliphatic carbocycles. The lowest BCUT2D eigenvalue weighted by Gasteiger charge is -2.04. The highest BCUT2D eigenvalue weighted by Gasteiger charge is 1.94. The third-order valence-corrected chi connectivity index (χ3v) is 2.69. The van der Waals surface area contributed by atoms with Crippen molar-refractivity contribution >= 4 is 0 Å². The van der Waals surface area contributed by atoms with Gasteiger partial charge >= 0.3 is 0 Å². The van der Waals surface area contributed by atoms with Crippen molar-refractivity contribution in [2.45, 2.75) is 48.0 Å². The Morgan fingerprint density at radius 2 is 1.54 bits per heavy atom. The maximum atomic E-state index is 2.27. The fourth-order valence-electron chi connectivity index (χ4n) is 1.07. The number of allylic oxidation sites excluding steroid dienone is 6. The molecule has 0 aromatic carbocycles. The first-order valence-corrected chi connectivity index (χ1v) is 5.00. The Kier molecular flexibility index (Phi) is 5.45. The van der Waals surface area contributed by atoms with E-state index < -0.39 is 0 Å². The summed E-state index contributed by atoms with van der Waals surface area (Å²) >= 11 is 0. The maximum absolute atomic E-state index is 2.27. The minimum absolute atomic E-state index is 1.14. The van der Waals surface area contributed by atoms with Crippen LogP contribution in [0.15, 0.2) is 34.4 Å². The third-order valence-electron chi connectivity index (χ3n) is 2.69. The van der Waals surface area contributed by atoms with E-state index in [1.807, 2.05) is 0 Å². The van der Waals surface area contributed by atoms with Gasteiger partial charge in [0.05, 0.1) is 0 Å². The highest BCUT2D eigenvalue weighted by molar-refractivity contribution is 5.35. The molecule has 0 amide bonds. The molecular weight excluding hydrogens is 156 g/mol. The monoisotopic (exact) mass is 178 g/mol. The van der Waals surface area contributed by atoms with Crippen LogP contribution < -0.4 is 0 Å². The van der Waals surface area contributed by atoms with Gasteiger partial charge in [-0.05, 0) is 46.6 Å². The number of rotatable bonds is 3. The van der Waals surface area contributed by atoms with Crippen LogP contribution in [0, 0.1) is 0 Å². The molecule has 0 saturated heterocycles. The van der Waals surface area contributed by atoms with Crippen molar-refractivity contribution in [1.29, 1.82) is 0 Å². The van der Waals surface area contributed by atoms with E-state index in [1.165, 1.54) is 22.3 Å². The summed E-state index contributed by atoms with van der Waals surface area (Å²) in [6.45, 7) is 13.0. The van der Waals surface area contributed by atoms with Crippen LogP contribution in [0.2, 0.25) is 0 Å². The van der Waals surface area contributed by atoms with Crippen molar-refractivity contribution in [2.75, 3.05) is 0 Å². The Morgan fingerprint density at radius 1 is 1.00 bits per heavy atom. The van der Waals surface area contributed by atoms with Crippen LogP contribution in [0.5, 0.6) is 0 Å². The predicted octanol–water partition coefficient (Wildman–Crippen LogP) is 4.65. The van der Waals surface area contributed by atoms with E-state index in [-0.39, 0.29) is 0 Å². The van der Waals surface area contributed by atoms with Crippen LogP contribution in [0.1, 0.15) is 48.0 Å². The summed E-state index contributed by atoms with van der Waals surface area (Å²) in [5.41, 5.74) is 5.61. The summed E-state index contributed by atoms with van der Waals surface area (Å²) in [7, 11) is 0. The Morgan fingerprint density at radius 3 is 1.92 bits per heavy atom. The molecule has 0 bridgehead atoms. The minimum Gasteiger partial charge on any atom is -0.0845 e. The summed E-state index contributed by atoms with van der Waals surface area (Å²) < 4.78 is 0. The molecule has 0 N–H and O–H groups in total. The summed E-state index contributed by atoms with van der Waals surface area (Å²) in [6, 6.07) is 0. The quantitative estimate of drug-likeness (QED) is 0.552. The molecule has 0 spiro atoms. The molecule has 0 radical (unpaired) electrons. The van der Waals surface area contributed by atoms with Gasteiger partial charge in [0, 0.05) is 0 Å². The second-order valence-corrected chi connectivity index (χ2v) is 3.62. The van der Waals surface area contributed by atoms with E-state index in [4.69, 9.17) is 0 Å². The molecule has 0 nitrogen and oxygen atoms in total. The third kappa shape index (κ3) is 4.12. The zero-order valence-electron chi connectivity index (χ0n) is 9.86. The zero-order chi connectivity index (χ0) is 10.4.